The zero-order valence-corrected chi connectivity index (χ0v) is 25.2. The molecular weight excluding hydrogens is 561 g/mol. The van der Waals surface area contributed by atoms with Gasteiger partial charge in [0, 0.05) is 43.7 Å². The molecule has 0 fully saturated rings. The van der Waals surface area contributed by atoms with Crippen molar-refractivity contribution in [2.24, 2.45) is 0 Å². The molecule has 226 valence electrons. The van der Waals surface area contributed by atoms with Crippen molar-refractivity contribution in [1.29, 1.82) is 0 Å². The topological polar surface area (TPSA) is 107 Å². The van der Waals surface area contributed by atoms with E-state index in [0.29, 0.717) is 43.2 Å². The quantitative estimate of drug-likeness (QED) is 0.269. The Balaban J connectivity index is 1.15. The van der Waals surface area contributed by atoms with E-state index in [9.17, 15) is 9.59 Å². The Labute approximate surface area is 254 Å². The maximum atomic E-state index is 15.3. The predicted octanol–water partition coefficient (Wildman–Crippen LogP) is 5.39. The van der Waals surface area contributed by atoms with Crippen molar-refractivity contribution >= 4 is 22.9 Å². The van der Waals surface area contributed by atoms with Crippen LogP contribution >= 0.6 is 0 Å². The number of aromatic nitrogens is 5. The molecule has 0 spiro atoms. The van der Waals surface area contributed by atoms with E-state index in [2.05, 4.69) is 20.4 Å². The van der Waals surface area contributed by atoms with Crippen molar-refractivity contribution in [3.63, 3.8) is 0 Å². The molecule has 1 amide bonds. The summed E-state index contributed by atoms with van der Waals surface area (Å²) in [4.78, 5) is 35.0. The van der Waals surface area contributed by atoms with Gasteiger partial charge in [0.25, 0.3) is 5.56 Å². The average molecular weight is 596 g/mol. The number of nitrogens with zero attached hydrogens (tertiary/aromatic N) is 6. The first-order chi connectivity index (χ1) is 21.0. The second-order valence-electron chi connectivity index (χ2n) is 12.1. The van der Waals surface area contributed by atoms with Gasteiger partial charge in [-0.15, -0.1) is 0 Å². The summed E-state index contributed by atoms with van der Waals surface area (Å²) in [7, 11) is 0. The Kier molecular flexibility index (Phi) is 7.62. The fourth-order valence-corrected chi connectivity index (χ4v) is 5.42. The summed E-state index contributed by atoms with van der Waals surface area (Å²) in [5, 5.41) is 8.62. The van der Waals surface area contributed by atoms with Crippen molar-refractivity contribution in [2.45, 2.75) is 66.0 Å². The van der Waals surface area contributed by atoms with Gasteiger partial charge < -0.3 is 14.6 Å². The maximum Gasteiger partial charge on any atom is 0.410 e. The Morgan fingerprint density at radius 3 is 2.52 bits per heavy atom. The van der Waals surface area contributed by atoms with Gasteiger partial charge in [-0.2, -0.15) is 5.10 Å². The minimum absolute atomic E-state index is 0.0377. The number of ether oxygens (including phenoxy) is 1. The molecule has 1 aliphatic rings. The maximum absolute atomic E-state index is 15.3. The number of amides is 1. The minimum Gasteiger partial charge on any atom is -0.444 e. The van der Waals surface area contributed by atoms with Gasteiger partial charge in [-0.25, -0.2) is 19.2 Å². The molecule has 1 N–H and O–H groups in total. The molecule has 0 unspecified atom stereocenters. The molecule has 0 saturated heterocycles. The number of benzene rings is 2. The van der Waals surface area contributed by atoms with Gasteiger partial charge in [-0.1, -0.05) is 30.3 Å². The number of nitrogens with one attached hydrogen (secondary N) is 1. The largest absolute Gasteiger partial charge is 0.444 e. The second kappa shape index (κ2) is 11.6. The third-order valence-corrected chi connectivity index (χ3v) is 7.66. The normalized spacial score (nSPS) is 12.9. The van der Waals surface area contributed by atoms with Gasteiger partial charge in [0.2, 0.25) is 0 Å². The first-order valence-electron chi connectivity index (χ1n) is 14.5. The van der Waals surface area contributed by atoms with E-state index in [1.54, 1.807) is 32.5 Å². The molecular formula is C33H34FN7O3. The van der Waals surface area contributed by atoms with Crippen LogP contribution in [0.2, 0.25) is 0 Å². The van der Waals surface area contributed by atoms with Crippen molar-refractivity contribution in [3.05, 3.63) is 117 Å². The van der Waals surface area contributed by atoms with Crippen LogP contribution in [0.5, 0.6) is 0 Å². The van der Waals surface area contributed by atoms with Crippen molar-refractivity contribution in [2.75, 3.05) is 5.32 Å². The predicted molar refractivity (Wildman–Crippen MR) is 165 cm³/mol. The Morgan fingerprint density at radius 2 is 1.80 bits per heavy atom. The van der Waals surface area contributed by atoms with E-state index in [1.807, 2.05) is 64.2 Å². The number of pyridine rings is 1. The third kappa shape index (κ3) is 6.17. The average Bonchev–Trinajstić information content (AvgIpc) is 3.59. The number of hydrogen-bond acceptors (Lipinski definition) is 7. The highest BCUT2D eigenvalue weighted by atomic mass is 19.1. The molecule has 0 bridgehead atoms. The van der Waals surface area contributed by atoms with Crippen LogP contribution in [0, 0.1) is 12.7 Å². The molecule has 2 aromatic carbocycles. The summed E-state index contributed by atoms with van der Waals surface area (Å²) < 4.78 is 24.3. The third-order valence-electron chi connectivity index (χ3n) is 7.66. The summed E-state index contributed by atoms with van der Waals surface area (Å²) >= 11 is 0. The zero-order valence-electron chi connectivity index (χ0n) is 25.2. The van der Waals surface area contributed by atoms with Crippen LogP contribution in [-0.2, 0) is 37.5 Å². The molecule has 3 aromatic heterocycles. The first kappa shape index (κ1) is 29.0. The van der Waals surface area contributed by atoms with Gasteiger partial charge in [0.1, 0.15) is 23.6 Å². The van der Waals surface area contributed by atoms with Gasteiger partial charge >= 0.3 is 6.09 Å². The fraction of sp³-hybridized carbons (Fsp3) is 0.303. The molecule has 5 aromatic rings. The molecule has 4 heterocycles. The Bertz CT molecular complexity index is 1910. The Morgan fingerprint density at radius 1 is 1.05 bits per heavy atom. The highest BCUT2D eigenvalue weighted by molar-refractivity contribution is 5.85. The van der Waals surface area contributed by atoms with E-state index >= 15 is 4.39 Å². The van der Waals surface area contributed by atoms with E-state index < -0.39 is 11.7 Å². The SMILES string of the molecule is Cc1c(CNc2ncnc3nn(Cc4ccc(Cn5ccccc5=O)cc4)cc23)c(F)cc2c1CN(C(=O)OC(C)(C)C)C2. The van der Waals surface area contributed by atoms with E-state index in [1.165, 1.54) is 12.4 Å². The molecule has 0 saturated carbocycles. The van der Waals surface area contributed by atoms with Crippen LogP contribution in [0.25, 0.3) is 11.0 Å². The van der Waals surface area contributed by atoms with E-state index in [-0.39, 0.29) is 17.9 Å². The highest BCUT2D eigenvalue weighted by Gasteiger charge is 2.30. The monoisotopic (exact) mass is 595 g/mol. The molecule has 11 heteroatoms. The minimum atomic E-state index is -0.603. The van der Waals surface area contributed by atoms with E-state index in [4.69, 9.17) is 4.74 Å². The van der Waals surface area contributed by atoms with Gasteiger partial charge in [0.15, 0.2) is 5.65 Å². The van der Waals surface area contributed by atoms with Gasteiger partial charge in [0.05, 0.1) is 18.5 Å². The van der Waals surface area contributed by atoms with Crippen molar-refractivity contribution in [1.82, 2.24) is 29.2 Å². The lowest BCUT2D eigenvalue weighted by molar-refractivity contribution is 0.0241. The Hall–Kier alpha value is -5.06. The number of hydrogen-bond donors (Lipinski definition) is 1. The molecule has 0 atom stereocenters. The van der Waals surface area contributed by atoms with Crippen LogP contribution in [0.3, 0.4) is 0 Å². The van der Waals surface area contributed by atoms with Gasteiger partial charge in [-0.05, 0) is 67.6 Å². The second-order valence-corrected chi connectivity index (χ2v) is 12.1. The lowest BCUT2D eigenvalue weighted by atomic mass is 9.98. The number of halogens is 1. The number of carbonyl (C=O) groups is 1. The van der Waals surface area contributed by atoms with Crippen LogP contribution in [0.4, 0.5) is 15.0 Å². The van der Waals surface area contributed by atoms with Crippen molar-refractivity contribution in [3.8, 4) is 0 Å². The summed E-state index contributed by atoms with van der Waals surface area (Å²) in [5.41, 5.74) is 5.02. The van der Waals surface area contributed by atoms with Crippen molar-refractivity contribution < 1.29 is 13.9 Å². The molecule has 6 rings (SSSR count). The fourth-order valence-electron chi connectivity index (χ4n) is 5.42. The number of fused-ring (bicyclic) bond motifs is 2. The summed E-state index contributed by atoms with van der Waals surface area (Å²) in [6.45, 7) is 9.28. The standard InChI is InChI=1S/C33H34FN7O3/c1-21-25(28(34)13-24-17-40(18-26(21)24)32(43)44-33(2,3)4)14-35-30-27-19-41(38-31(27)37-20-36-30)16-23-10-8-22(9-11-23)15-39-12-6-5-7-29(39)42/h5-13,19-20H,14-18H2,1-4H3,(H,35,36,37,38). The molecule has 10 nitrogen and oxygen atoms in total. The number of rotatable bonds is 7. The molecule has 1 aliphatic heterocycles. The molecule has 0 aliphatic carbocycles. The lowest BCUT2D eigenvalue weighted by Gasteiger charge is -2.24. The first-order valence-corrected chi connectivity index (χ1v) is 14.5. The van der Waals surface area contributed by atoms with Crippen LogP contribution in [-0.4, -0.2) is 40.9 Å². The van der Waals surface area contributed by atoms with Crippen LogP contribution in [0.1, 0.15) is 54.2 Å². The highest BCUT2D eigenvalue weighted by Crippen LogP contribution is 2.31. The number of carbonyl (C=O) groups excluding carboxylic acids is 1. The van der Waals surface area contributed by atoms with Crippen LogP contribution in [0.15, 0.2) is 72.0 Å². The smallest absolute Gasteiger partial charge is 0.410 e. The molecule has 0 radical (unpaired) electrons. The van der Waals surface area contributed by atoms with E-state index in [0.717, 1.165) is 33.2 Å². The summed E-state index contributed by atoms with van der Waals surface area (Å²) in [6, 6.07) is 14.7. The van der Waals surface area contributed by atoms with Gasteiger partial charge in [-0.3, -0.25) is 14.4 Å². The summed E-state index contributed by atoms with van der Waals surface area (Å²) in [6.07, 6.45) is 4.68. The zero-order chi connectivity index (χ0) is 31.0. The lowest BCUT2D eigenvalue weighted by Crippen LogP contribution is -2.33. The summed E-state index contributed by atoms with van der Waals surface area (Å²) in [5.74, 6) is 0.223. The molecule has 44 heavy (non-hydrogen) atoms. The number of anilines is 1. The van der Waals surface area contributed by atoms with Crippen LogP contribution < -0.4 is 10.9 Å².